The number of rotatable bonds is 11. The lowest BCUT2D eigenvalue weighted by Gasteiger charge is -2.16. The highest BCUT2D eigenvalue weighted by Crippen LogP contribution is 2.34. The van der Waals surface area contributed by atoms with E-state index in [1.165, 1.54) is 12.8 Å². The number of nitrogens with zero attached hydrogens (tertiary/aromatic N) is 1. The summed E-state index contributed by atoms with van der Waals surface area (Å²) in [5, 5.41) is 6.65. The van der Waals surface area contributed by atoms with Crippen LogP contribution in [0.15, 0.2) is 17.1 Å². The number of aliphatic imine (C=N–C) groups is 1. The van der Waals surface area contributed by atoms with E-state index in [-0.39, 0.29) is 24.0 Å². The van der Waals surface area contributed by atoms with E-state index in [1.807, 2.05) is 12.1 Å². The average molecular weight is 479 g/mol. The van der Waals surface area contributed by atoms with E-state index in [2.05, 4.69) is 29.5 Å². The molecule has 1 rings (SSSR count). The number of hydrogen-bond donors (Lipinski definition) is 2. The molecule has 0 bridgehead atoms. The second-order valence-electron chi connectivity index (χ2n) is 5.66. The van der Waals surface area contributed by atoms with Crippen molar-refractivity contribution in [1.82, 2.24) is 10.6 Å². The van der Waals surface area contributed by atoms with Crippen molar-refractivity contribution in [2.75, 3.05) is 41.0 Å². The van der Waals surface area contributed by atoms with E-state index in [0.29, 0.717) is 0 Å². The second-order valence-corrected chi connectivity index (χ2v) is 5.66. The van der Waals surface area contributed by atoms with Crippen LogP contribution in [0.3, 0.4) is 0 Å². The van der Waals surface area contributed by atoms with E-state index < -0.39 is 0 Å². The Labute approximate surface area is 175 Å². The minimum Gasteiger partial charge on any atom is -0.496 e. The first-order chi connectivity index (χ1) is 12.2. The van der Waals surface area contributed by atoms with Crippen LogP contribution >= 0.6 is 24.0 Å². The number of hydrogen-bond acceptors (Lipinski definition) is 4. The molecule has 1 aromatic rings. The number of unbranched alkanes of at least 4 members (excludes halogenated alkanes) is 2. The molecule has 26 heavy (non-hydrogen) atoms. The topological polar surface area (TPSA) is 64.1 Å². The molecular weight excluding hydrogens is 445 g/mol. The Balaban J connectivity index is 0.00000625. The fraction of sp³-hybridized carbons (Fsp3) is 0.632. The van der Waals surface area contributed by atoms with Gasteiger partial charge in [-0.15, -0.1) is 24.0 Å². The molecule has 150 valence electrons. The zero-order valence-corrected chi connectivity index (χ0v) is 19.0. The van der Waals surface area contributed by atoms with Gasteiger partial charge in [-0.05, 0) is 19.8 Å². The van der Waals surface area contributed by atoms with Crippen LogP contribution in [0.5, 0.6) is 17.2 Å². The number of guanidine groups is 1. The zero-order valence-electron chi connectivity index (χ0n) is 16.7. The summed E-state index contributed by atoms with van der Waals surface area (Å²) in [4.78, 5) is 4.61. The quantitative estimate of drug-likeness (QED) is 0.220. The Morgan fingerprint density at radius 2 is 1.62 bits per heavy atom. The maximum atomic E-state index is 5.49. The molecule has 0 saturated carbocycles. The van der Waals surface area contributed by atoms with Crippen LogP contribution in [-0.4, -0.2) is 46.9 Å². The van der Waals surface area contributed by atoms with Gasteiger partial charge in [0, 0.05) is 37.3 Å². The molecule has 0 aliphatic rings. The number of nitrogens with one attached hydrogen (secondary N) is 2. The highest BCUT2D eigenvalue weighted by atomic mass is 127. The SMILES string of the molecule is CCCCCN=C(NCC)NCCc1c(OC)cc(OC)cc1OC.I. The lowest BCUT2D eigenvalue weighted by atomic mass is 10.1. The Morgan fingerprint density at radius 3 is 2.12 bits per heavy atom. The summed E-state index contributed by atoms with van der Waals surface area (Å²) in [6, 6.07) is 3.75. The predicted octanol–water partition coefficient (Wildman–Crippen LogP) is 3.62. The normalized spacial score (nSPS) is 10.7. The number of halogens is 1. The summed E-state index contributed by atoms with van der Waals surface area (Å²) in [6.07, 6.45) is 4.29. The van der Waals surface area contributed by atoms with Crippen LogP contribution < -0.4 is 24.8 Å². The van der Waals surface area contributed by atoms with Crippen LogP contribution in [0.1, 0.15) is 38.7 Å². The van der Waals surface area contributed by atoms with Gasteiger partial charge in [0.15, 0.2) is 5.96 Å². The molecule has 6 nitrogen and oxygen atoms in total. The summed E-state index contributed by atoms with van der Waals surface area (Å²) in [6.45, 7) is 6.69. The minimum atomic E-state index is 0. The molecule has 0 aromatic heterocycles. The summed E-state index contributed by atoms with van der Waals surface area (Å²) in [7, 11) is 4.95. The Kier molecular flexibility index (Phi) is 14.0. The molecule has 2 N–H and O–H groups in total. The highest BCUT2D eigenvalue weighted by Gasteiger charge is 2.13. The van der Waals surface area contributed by atoms with Gasteiger partial charge in [0.05, 0.1) is 21.3 Å². The van der Waals surface area contributed by atoms with E-state index in [9.17, 15) is 0 Å². The lowest BCUT2D eigenvalue weighted by Crippen LogP contribution is -2.38. The highest BCUT2D eigenvalue weighted by molar-refractivity contribution is 14.0. The van der Waals surface area contributed by atoms with E-state index >= 15 is 0 Å². The van der Waals surface area contributed by atoms with Gasteiger partial charge < -0.3 is 24.8 Å². The molecule has 0 fully saturated rings. The predicted molar refractivity (Wildman–Crippen MR) is 119 cm³/mol. The van der Waals surface area contributed by atoms with Crippen LogP contribution in [-0.2, 0) is 6.42 Å². The summed E-state index contributed by atoms with van der Waals surface area (Å²) < 4.78 is 16.3. The Morgan fingerprint density at radius 1 is 0.962 bits per heavy atom. The molecule has 0 amide bonds. The van der Waals surface area contributed by atoms with Gasteiger partial charge in [-0.25, -0.2) is 0 Å². The van der Waals surface area contributed by atoms with Crippen LogP contribution in [0, 0.1) is 0 Å². The van der Waals surface area contributed by atoms with Crippen molar-refractivity contribution in [2.24, 2.45) is 4.99 Å². The minimum absolute atomic E-state index is 0. The third-order valence-electron chi connectivity index (χ3n) is 3.86. The number of ether oxygens (including phenoxy) is 3. The average Bonchev–Trinajstić information content (AvgIpc) is 2.64. The van der Waals surface area contributed by atoms with Gasteiger partial charge in [-0.3, -0.25) is 4.99 Å². The molecule has 1 aromatic carbocycles. The maximum Gasteiger partial charge on any atom is 0.191 e. The molecule has 0 unspecified atom stereocenters. The third kappa shape index (κ3) is 8.33. The van der Waals surface area contributed by atoms with Crippen LogP contribution in [0.25, 0.3) is 0 Å². The van der Waals surface area contributed by atoms with Crippen LogP contribution in [0.4, 0.5) is 0 Å². The van der Waals surface area contributed by atoms with Crippen LogP contribution in [0.2, 0.25) is 0 Å². The number of benzene rings is 1. The summed E-state index contributed by atoms with van der Waals surface area (Å²) >= 11 is 0. The molecule has 0 radical (unpaired) electrons. The fourth-order valence-electron chi connectivity index (χ4n) is 2.52. The fourth-order valence-corrected chi connectivity index (χ4v) is 2.52. The van der Waals surface area contributed by atoms with Crippen molar-refractivity contribution in [3.63, 3.8) is 0 Å². The van der Waals surface area contributed by atoms with Crippen molar-refractivity contribution in [3.8, 4) is 17.2 Å². The molecular formula is C19H34IN3O3. The largest absolute Gasteiger partial charge is 0.496 e. The summed E-state index contributed by atoms with van der Waals surface area (Å²) in [5.41, 5.74) is 1.01. The first-order valence-corrected chi connectivity index (χ1v) is 9.01. The Bertz CT molecular complexity index is 514. The van der Waals surface area contributed by atoms with Gasteiger partial charge in [-0.2, -0.15) is 0 Å². The van der Waals surface area contributed by atoms with E-state index in [1.54, 1.807) is 21.3 Å². The maximum absolute atomic E-state index is 5.49. The molecule has 0 aliphatic carbocycles. The molecule has 0 heterocycles. The first-order valence-electron chi connectivity index (χ1n) is 9.01. The standard InChI is InChI=1S/C19H33N3O3.HI/c1-6-8-9-11-21-19(20-7-2)22-12-10-16-17(24-4)13-15(23-3)14-18(16)25-5;/h13-14H,6-12H2,1-5H3,(H2,20,21,22);1H. The zero-order chi connectivity index (χ0) is 18.5. The van der Waals surface area contributed by atoms with E-state index in [0.717, 1.165) is 61.2 Å². The van der Waals surface area contributed by atoms with Gasteiger partial charge in [0.1, 0.15) is 17.2 Å². The van der Waals surface area contributed by atoms with Crippen molar-refractivity contribution in [2.45, 2.75) is 39.5 Å². The van der Waals surface area contributed by atoms with Gasteiger partial charge in [0.25, 0.3) is 0 Å². The molecule has 0 atom stereocenters. The lowest BCUT2D eigenvalue weighted by molar-refractivity contribution is 0.368. The smallest absolute Gasteiger partial charge is 0.191 e. The molecule has 0 aliphatic heterocycles. The third-order valence-corrected chi connectivity index (χ3v) is 3.86. The van der Waals surface area contributed by atoms with E-state index in [4.69, 9.17) is 14.2 Å². The first kappa shape index (κ1) is 24.6. The van der Waals surface area contributed by atoms with Crippen molar-refractivity contribution < 1.29 is 14.2 Å². The number of methoxy groups -OCH3 is 3. The molecule has 7 heteroatoms. The molecule has 0 saturated heterocycles. The second kappa shape index (κ2) is 14.8. The van der Waals surface area contributed by atoms with Gasteiger partial charge in [-0.1, -0.05) is 19.8 Å². The van der Waals surface area contributed by atoms with Crippen molar-refractivity contribution >= 4 is 29.9 Å². The summed E-state index contributed by atoms with van der Waals surface area (Å²) in [5.74, 6) is 3.10. The molecule has 0 spiro atoms. The Hall–Kier alpha value is -1.38. The van der Waals surface area contributed by atoms with Gasteiger partial charge in [0.2, 0.25) is 0 Å². The monoisotopic (exact) mass is 479 g/mol. The van der Waals surface area contributed by atoms with Crippen molar-refractivity contribution in [3.05, 3.63) is 17.7 Å². The van der Waals surface area contributed by atoms with Crippen molar-refractivity contribution in [1.29, 1.82) is 0 Å². The van der Waals surface area contributed by atoms with Gasteiger partial charge >= 0.3 is 0 Å².